The zero-order chi connectivity index (χ0) is 12.2. The Labute approximate surface area is 91.6 Å². The number of aliphatic hydroxyl groups excluding tert-OH is 1. The van der Waals surface area contributed by atoms with E-state index in [-0.39, 0.29) is 11.1 Å². The highest BCUT2D eigenvalue weighted by molar-refractivity contribution is 7.65. The molecule has 0 saturated heterocycles. The second kappa shape index (κ2) is 5.12. The molecule has 88 valence electrons. The van der Waals surface area contributed by atoms with Crippen LogP contribution in [0.1, 0.15) is 0 Å². The number of rotatable bonds is 5. The summed E-state index contributed by atoms with van der Waals surface area (Å²) in [6, 6.07) is 5.37. The normalized spacial score (nSPS) is 14.1. The van der Waals surface area contributed by atoms with Crippen molar-refractivity contribution in [3.8, 4) is 5.75 Å². The number of benzene rings is 1. The van der Waals surface area contributed by atoms with Crippen LogP contribution in [0.3, 0.4) is 0 Å². The van der Waals surface area contributed by atoms with Crippen molar-refractivity contribution in [3.05, 3.63) is 24.3 Å². The highest BCUT2D eigenvalue weighted by atomic mass is 31.2. The molecule has 0 fully saturated rings. The highest BCUT2D eigenvalue weighted by Crippen LogP contribution is 2.37. The van der Waals surface area contributed by atoms with Gasteiger partial charge in [-0.15, -0.1) is 0 Å². The van der Waals surface area contributed by atoms with Gasteiger partial charge in [-0.05, 0) is 24.3 Å². The molecular formula is C9H11O6P. The Bertz CT molecular complexity index is 413. The van der Waals surface area contributed by atoms with Crippen LogP contribution in [0.15, 0.2) is 24.3 Å². The van der Waals surface area contributed by atoms with Crippen LogP contribution in [0.2, 0.25) is 0 Å². The summed E-state index contributed by atoms with van der Waals surface area (Å²) in [4.78, 5) is 19.5. The second-order valence-corrected chi connectivity index (χ2v) is 5.22. The lowest BCUT2D eigenvalue weighted by atomic mass is 10.3. The Morgan fingerprint density at radius 2 is 1.88 bits per heavy atom. The van der Waals surface area contributed by atoms with Crippen LogP contribution in [-0.4, -0.2) is 34.0 Å². The first kappa shape index (κ1) is 12.7. The molecule has 1 atom stereocenters. The van der Waals surface area contributed by atoms with E-state index < -0.39 is 26.3 Å². The van der Waals surface area contributed by atoms with E-state index in [1.807, 2.05) is 0 Å². The van der Waals surface area contributed by atoms with Crippen molar-refractivity contribution in [2.45, 2.75) is 0 Å². The van der Waals surface area contributed by atoms with Crippen molar-refractivity contribution in [2.75, 3.05) is 13.0 Å². The molecule has 16 heavy (non-hydrogen) atoms. The van der Waals surface area contributed by atoms with E-state index in [2.05, 4.69) is 0 Å². The fourth-order valence-electron chi connectivity index (χ4n) is 1.00. The smallest absolute Gasteiger partial charge is 0.341 e. The van der Waals surface area contributed by atoms with E-state index >= 15 is 0 Å². The third-order valence-corrected chi connectivity index (χ3v) is 3.28. The molecule has 0 saturated carbocycles. The average Bonchev–Trinajstić information content (AvgIpc) is 2.27. The van der Waals surface area contributed by atoms with Gasteiger partial charge in [-0.25, -0.2) is 4.79 Å². The number of aliphatic hydroxyl groups is 1. The van der Waals surface area contributed by atoms with E-state index in [0.29, 0.717) is 0 Å². The molecule has 0 amide bonds. The zero-order valence-corrected chi connectivity index (χ0v) is 9.13. The summed E-state index contributed by atoms with van der Waals surface area (Å²) in [7, 11) is -3.70. The summed E-state index contributed by atoms with van der Waals surface area (Å²) in [5, 5.41) is 17.1. The number of hydrogen-bond donors (Lipinski definition) is 3. The Kier molecular flexibility index (Phi) is 4.06. The summed E-state index contributed by atoms with van der Waals surface area (Å²) >= 11 is 0. The van der Waals surface area contributed by atoms with Gasteiger partial charge in [0, 0.05) is 5.30 Å². The average molecular weight is 246 g/mol. The van der Waals surface area contributed by atoms with Crippen molar-refractivity contribution < 1.29 is 29.2 Å². The molecule has 7 heteroatoms. The molecule has 1 aromatic rings. The molecule has 0 aliphatic heterocycles. The molecule has 0 aromatic heterocycles. The second-order valence-electron chi connectivity index (χ2n) is 3.02. The molecule has 0 heterocycles. The van der Waals surface area contributed by atoms with Crippen molar-refractivity contribution in [1.29, 1.82) is 0 Å². The number of carboxylic acids is 1. The largest absolute Gasteiger partial charge is 0.482 e. The standard InChI is InChI=1S/C9H11O6P/c10-6-16(13,14)8-3-1-7(2-4-8)15-5-9(11)12/h1-4,10H,5-6H2,(H,11,12)(H,13,14). The lowest BCUT2D eigenvalue weighted by Crippen LogP contribution is -2.11. The topological polar surface area (TPSA) is 104 Å². The molecule has 0 radical (unpaired) electrons. The SMILES string of the molecule is O=C(O)COc1ccc(P(=O)(O)CO)cc1. The maximum atomic E-state index is 11.3. The van der Waals surface area contributed by atoms with Crippen molar-refractivity contribution >= 4 is 18.6 Å². The maximum Gasteiger partial charge on any atom is 0.341 e. The van der Waals surface area contributed by atoms with E-state index in [1.54, 1.807) is 0 Å². The molecule has 1 rings (SSSR count). The van der Waals surface area contributed by atoms with E-state index in [4.69, 9.17) is 14.9 Å². The fourth-order valence-corrected chi connectivity index (χ4v) is 1.78. The van der Waals surface area contributed by atoms with Crippen molar-refractivity contribution in [1.82, 2.24) is 0 Å². The minimum atomic E-state index is -3.70. The van der Waals surface area contributed by atoms with Crippen LogP contribution in [0.5, 0.6) is 5.75 Å². The molecule has 3 N–H and O–H groups in total. The number of carbonyl (C=O) groups is 1. The van der Waals surface area contributed by atoms with Gasteiger partial charge in [0.25, 0.3) is 7.37 Å². The van der Waals surface area contributed by atoms with Gasteiger partial charge in [0.15, 0.2) is 6.61 Å². The Morgan fingerprint density at radius 3 is 2.31 bits per heavy atom. The molecule has 1 aromatic carbocycles. The van der Waals surface area contributed by atoms with Gasteiger partial charge < -0.3 is 19.8 Å². The Hall–Kier alpha value is -1.36. The molecule has 0 spiro atoms. The van der Waals surface area contributed by atoms with Gasteiger partial charge in [-0.1, -0.05) is 0 Å². The molecule has 0 aliphatic carbocycles. The lowest BCUT2D eigenvalue weighted by molar-refractivity contribution is -0.139. The lowest BCUT2D eigenvalue weighted by Gasteiger charge is -2.09. The van der Waals surface area contributed by atoms with Crippen molar-refractivity contribution in [3.63, 3.8) is 0 Å². The van der Waals surface area contributed by atoms with Crippen LogP contribution < -0.4 is 10.0 Å². The quantitative estimate of drug-likeness (QED) is 0.631. The number of hydrogen-bond acceptors (Lipinski definition) is 4. The van der Waals surface area contributed by atoms with Crippen LogP contribution >= 0.6 is 7.37 Å². The Morgan fingerprint density at radius 1 is 1.31 bits per heavy atom. The predicted molar refractivity (Wildman–Crippen MR) is 56.1 cm³/mol. The Balaban J connectivity index is 2.75. The van der Waals surface area contributed by atoms with Crippen LogP contribution in [-0.2, 0) is 9.36 Å². The number of carboxylic acid groups (broad SMARTS) is 1. The van der Waals surface area contributed by atoms with Crippen LogP contribution in [0, 0.1) is 0 Å². The summed E-state index contributed by atoms with van der Waals surface area (Å²) in [6.45, 7) is -0.476. The predicted octanol–water partition coefficient (Wildman–Crippen LogP) is -0.00450. The van der Waals surface area contributed by atoms with Gasteiger partial charge in [0.2, 0.25) is 0 Å². The zero-order valence-electron chi connectivity index (χ0n) is 8.24. The number of ether oxygens (including phenoxy) is 1. The van der Waals surface area contributed by atoms with Gasteiger partial charge in [-0.2, -0.15) is 0 Å². The fraction of sp³-hybridized carbons (Fsp3) is 0.222. The molecule has 6 nitrogen and oxygen atoms in total. The summed E-state index contributed by atoms with van der Waals surface area (Å²) in [5.74, 6) is -0.823. The first-order chi connectivity index (χ1) is 7.45. The molecular weight excluding hydrogens is 235 g/mol. The minimum Gasteiger partial charge on any atom is -0.482 e. The van der Waals surface area contributed by atoms with Crippen LogP contribution in [0.4, 0.5) is 0 Å². The molecule has 1 unspecified atom stereocenters. The highest BCUT2D eigenvalue weighted by Gasteiger charge is 2.19. The monoisotopic (exact) mass is 246 g/mol. The first-order valence-corrected chi connectivity index (χ1v) is 6.18. The van der Waals surface area contributed by atoms with Gasteiger partial charge >= 0.3 is 5.97 Å². The maximum absolute atomic E-state index is 11.3. The van der Waals surface area contributed by atoms with Crippen LogP contribution in [0.25, 0.3) is 0 Å². The van der Waals surface area contributed by atoms with E-state index in [1.165, 1.54) is 24.3 Å². The van der Waals surface area contributed by atoms with Gasteiger partial charge in [0.1, 0.15) is 12.1 Å². The van der Waals surface area contributed by atoms with E-state index in [9.17, 15) is 14.3 Å². The minimum absolute atomic E-state index is 0.0951. The third kappa shape index (κ3) is 3.34. The summed E-state index contributed by atoms with van der Waals surface area (Å²) in [6.07, 6.45) is -0.831. The molecule has 0 bridgehead atoms. The summed E-state index contributed by atoms with van der Waals surface area (Å²) in [5.41, 5.74) is 0. The van der Waals surface area contributed by atoms with Gasteiger partial charge in [0.05, 0.1) is 0 Å². The van der Waals surface area contributed by atoms with Crippen molar-refractivity contribution in [2.24, 2.45) is 0 Å². The third-order valence-electron chi connectivity index (χ3n) is 1.79. The van der Waals surface area contributed by atoms with Gasteiger partial charge in [-0.3, -0.25) is 4.57 Å². The molecule has 0 aliphatic rings. The first-order valence-electron chi connectivity index (χ1n) is 4.33. The van der Waals surface area contributed by atoms with E-state index in [0.717, 1.165) is 0 Å². The summed E-state index contributed by atoms with van der Waals surface area (Å²) < 4.78 is 16.2. The number of aliphatic carboxylic acids is 1.